The second kappa shape index (κ2) is 6.86. The van der Waals surface area contributed by atoms with Crippen LogP contribution in [0, 0.1) is 13.8 Å². The molecule has 0 bridgehead atoms. The van der Waals surface area contributed by atoms with Crippen LogP contribution in [0.2, 0.25) is 0 Å². The summed E-state index contributed by atoms with van der Waals surface area (Å²) in [4.78, 5) is 14.2. The molecule has 110 valence electrons. The van der Waals surface area contributed by atoms with Crippen LogP contribution in [-0.2, 0) is 11.2 Å². The standard InChI is InChI=1S/C16H24N2O2/c1-12-10-13(2)15(16(19)20-3)11-14(12)4-7-18-8-5-17-6-9-18/h10-11,17H,4-9H2,1-3H3. The van der Waals surface area contributed by atoms with Crippen molar-refractivity contribution in [1.29, 1.82) is 0 Å². The third kappa shape index (κ3) is 3.58. The SMILES string of the molecule is COC(=O)c1cc(CCN2CCNCC2)c(C)cc1C. The predicted octanol–water partition coefficient (Wildman–Crippen LogP) is 1.54. The van der Waals surface area contributed by atoms with Crippen LogP contribution in [0.25, 0.3) is 0 Å². The Morgan fingerprint density at radius 1 is 1.25 bits per heavy atom. The van der Waals surface area contributed by atoms with E-state index in [-0.39, 0.29) is 5.97 Å². The number of esters is 1. The monoisotopic (exact) mass is 276 g/mol. The Balaban J connectivity index is 2.08. The molecule has 1 saturated heterocycles. The Bertz CT molecular complexity index is 480. The first-order valence-corrected chi connectivity index (χ1v) is 7.23. The van der Waals surface area contributed by atoms with Crippen LogP contribution in [-0.4, -0.2) is 50.7 Å². The fourth-order valence-electron chi connectivity index (χ4n) is 2.71. The number of benzene rings is 1. The average molecular weight is 276 g/mol. The predicted molar refractivity (Wildman–Crippen MR) is 80.3 cm³/mol. The summed E-state index contributed by atoms with van der Waals surface area (Å²) < 4.78 is 4.85. The van der Waals surface area contributed by atoms with Gasteiger partial charge in [0.25, 0.3) is 0 Å². The van der Waals surface area contributed by atoms with E-state index in [2.05, 4.69) is 23.2 Å². The number of piperazine rings is 1. The smallest absolute Gasteiger partial charge is 0.338 e. The number of nitrogens with zero attached hydrogens (tertiary/aromatic N) is 1. The van der Waals surface area contributed by atoms with Crippen molar-refractivity contribution in [3.63, 3.8) is 0 Å². The van der Waals surface area contributed by atoms with Gasteiger partial charge in [0.15, 0.2) is 0 Å². The highest BCUT2D eigenvalue weighted by Gasteiger charge is 2.14. The quantitative estimate of drug-likeness (QED) is 0.847. The molecule has 2 rings (SSSR count). The molecule has 0 amide bonds. The summed E-state index contributed by atoms with van der Waals surface area (Å²) in [5.74, 6) is -0.245. The fraction of sp³-hybridized carbons (Fsp3) is 0.562. The van der Waals surface area contributed by atoms with Gasteiger partial charge in [0.05, 0.1) is 12.7 Å². The number of aryl methyl sites for hydroxylation is 2. The number of methoxy groups -OCH3 is 1. The molecule has 1 heterocycles. The Hall–Kier alpha value is -1.39. The molecular formula is C16H24N2O2. The van der Waals surface area contributed by atoms with Crippen molar-refractivity contribution in [1.82, 2.24) is 10.2 Å². The minimum Gasteiger partial charge on any atom is -0.465 e. The number of rotatable bonds is 4. The van der Waals surface area contributed by atoms with Crippen LogP contribution in [0.1, 0.15) is 27.0 Å². The molecule has 0 unspecified atom stereocenters. The van der Waals surface area contributed by atoms with E-state index in [9.17, 15) is 4.79 Å². The highest BCUT2D eigenvalue weighted by molar-refractivity contribution is 5.91. The zero-order valence-electron chi connectivity index (χ0n) is 12.7. The molecule has 0 saturated carbocycles. The molecule has 0 spiro atoms. The molecule has 0 radical (unpaired) electrons. The van der Waals surface area contributed by atoms with E-state index >= 15 is 0 Å². The Kier molecular flexibility index (Phi) is 5.15. The topological polar surface area (TPSA) is 41.6 Å². The van der Waals surface area contributed by atoms with E-state index < -0.39 is 0 Å². The van der Waals surface area contributed by atoms with Crippen LogP contribution < -0.4 is 5.32 Å². The molecule has 4 heteroatoms. The molecule has 0 aliphatic carbocycles. The number of carbonyl (C=O) groups is 1. The zero-order chi connectivity index (χ0) is 14.5. The first-order valence-electron chi connectivity index (χ1n) is 7.23. The van der Waals surface area contributed by atoms with E-state index in [4.69, 9.17) is 4.74 Å². The number of hydrogen-bond acceptors (Lipinski definition) is 4. The van der Waals surface area contributed by atoms with Gasteiger partial charge in [-0.2, -0.15) is 0 Å². The fourth-order valence-corrected chi connectivity index (χ4v) is 2.71. The lowest BCUT2D eigenvalue weighted by molar-refractivity contribution is 0.0600. The largest absolute Gasteiger partial charge is 0.465 e. The molecule has 1 aromatic carbocycles. The van der Waals surface area contributed by atoms with Gasteiger partial charge < -0.3 is 15.0 Å². The summed E-state index contributed by atoms with van der Waals surface area (Å²) in [6.45, 7) is 9.47. The molecule has 1 aliphatic rings. The van der Waals surface area contributed by atoms with Crippen LogP contribution in [0.5, 0.6) is 0 Å². The zero-order valence-corrected chi connectivity index (χ0v) is 12.7. The molecule has 1 aliphatic heterocycles. The lowest BCUT2D eigenvalue weighted by Gasteiger charge is -2.27. The number of nitrogens with one attached hydrogen (secondary N) is 1. The van der Waals surface area contributed by atoms with Gasteiger partial charge in [-0.1, -0.05) is 6.07 Å². The van der Waals surface area contributed by atoms with Gasteiger partial charge in [-0.25, -0.2) is 4.79 Å². The maximum absolute atomic E-state index is 11.8. The average Bonchev–Trinajstić information content (AvgIpc) is 2.46. The van der Waals surface area contributed by atoms with Gasteiger partial charge in [0.2, 0.25) is 0 Å². The first-order chi connectivity index (χ1) is 9.61. The van der Waals surface area contributed by atoms with Crippen LogP contribution in [0.15, 0.2) is 12.1 Å². The summed E-state index contributed by atoms with van der Waals surface area (Å²) in [6.07, 6.45) is 0.982. The molecule has 0 atom stereocenters. The van der Waals surface area contributed by atoms with E-state index in [1.807, 2.05) is 13.0 Å². The molecule has 4 nitrogen and oxygen atoms in total. The minimum absolute atomic E-state index is 0.245. The summed E-state index contributed by atoms with van der Waals surface area (Å²) >= 11 is 0. The van der Waals surface area contributed by atoms with Gasteiger partial charge in [0.1, 0.15) is 0 Å². The third-order valence-corrected chi connectivity index (χ3v) is 4.00. The number of carbonyl (C=O) groups excluding carboxylic acids is 1. The Morgan fingerprint density at radius 2 is 1.95 bits per heavy atom. The van der Waals surface area contributed by atoms with E-state index in [1.54, 1.807) is 0 Å². The van der Waals surface area contributed by atoms with Crippen molar-refractivity contribution in [2.45, 2.75) is 20.3 Å². The summed E-state index contributed by atoms with van der Waals surface area (Å²) in [6, 6.07) is 4.08. The van der Waals surface area contributed by atoms with Crippen molar-refractivity contribution in [3.8, 4) is 0 Å². The highest BCUT2D eigenvalue weighted by atomic mass is 16.5. The van der Waals surface area contributed by atoms with Crippen molar-refractivity contribution in [2.75, 3.05) is 39.8 Å². The van der Waals surface area contributed by atoms with Crippen molar-refractivity contribution in [2.24, 2.45) is 0 Å². The van der Waals surface area contributed by atoms with Crippen molar-refractivity contribution >= 4 is 5.97 Å². The maximum Gasteiger partial charge on any atom is 0.338 e. The molecule has 20 heavy (non-hydrogen) atoms. The van der Waals surface area contributed by atoms with E-state index in [0.29, 0.717) is 5.56 Å². The molecule has 1 aromatic rings. The number of ether oxygens (including phenoxy) is 1. The van der Waals surface area contributed by atoms with Gasteiger partial charge in [0, 0.05) is 32.7 Å². The second-order valence-corrected chi connectivity index (χ2v) is 5.43. The summed E-state index contributed by atoms with van der Waals surface area (Å²) in [5, 5.41) is 3.36. The van der Waals surface area contributed by atoms with Gasteiger partial charge in [-0.05, 0) is 43.0 Å². The van der Waals surface area contributed by atoms with Crippen LogP contribution in [0.4, 0.5) is 0 Å². The van der Waals surface area contributed by atoms with Gasteiger partial charge in [-0.3, -0.25) is 0 Å². The van der Waals surface area contributed by atoms with Crippen molar-refractivity contribution in [3.05, 3.63) is 34.4 Å². The lowest BCUT2D eigenvalue weighted by Crippen LogP contribution is -2.44. The third-order valence-electron chi connectivity index (χ3n) is 4.00. The minimum atomic E-state index is -0.245. The van der Waals surface area contributed by atoms with Crippen molar-refractivity contribution < 1.29 is 9.53 Å². The summed E-state index contributed by atoms with van der Waals surface area (Å²) in [7, 11) is 1.43. The van der Waals surface area contributed by atoms with E-state index in [1.165, 1.54) is 18.2 Å². The van der Waals surface area contributed by atoms with Crippen LogP contribution in [0.3, 0.4) is 0 Å². The normalized spacial score (nSPS) is 16.1. The molecular weight excluding hydrogens is 252 g/mol. The van der Waals surface area contributed by atoms with Gasteiger partial charge in [-0.15, -0.1) is 0 Å². The van der Waals surface area contributed by atoms with E-state index in [0.717, 1.165) is 44.7 Å². The number of hydrogen-bond donors (Lipinski definition) is 1. The van der Waals surface area contributed by atoms with Crippen LogP contribution >= 0.6 is 0 Å². The second-order valence-electron chi connectivity index (χ2n) is 5.43. The lowest BCUT2D eigenvalue weighted by atomic mass is 9.97. The Labute approximate surface area is 121 Å². The summed E-state index contributed by atoms with van der Waals surface area (Å²) in [5.41, 5.74) is 4.17. The highest BCUT2D eigenvalue weighted by Crippen LogP contribution is 2.18. The first kappa shape index (κ1) is 15.0. The molecule has 1 N–H and O–H groups in total. The molecule has 0 aromatic heterocycles. The van der Waals surface area contributed by atoms with Gasteiger partial charge >= 0.3 is 5.97 Å². The Morgan fingerprint density at radius 3 is 2.60 bits per heavy atom. The maximum atomic E-state index is 11.8. The molecule has 1 fully saturated rings.